The second-order valence-corrected chi connectivity index (χ2v) is 3.42. The van der Waals surface area contributed by atoms with Gasteiger partial charge in [-0.05, 0) is 12.8 Å². The lowest BCUT2D eigenvalue weighted by Crippen LogP contribution is -2.46. The van der Waals surface area contributed by atoms with Crippen molar-refractivity contribution in [3.8, 4) is 0 Å². The fourth-order valence-corrected chi connectivity index (χ4v) is 1.39. The molecule has 0 spiro atoms. The molecule has 1 aromatic heterocycles. The molecule has 1 aliphatic carbocycles. The number of rotatable bonds is 2. The number of aliphatic hydroxyl groups excluding tert-OH is 1. The topological polar surface area (TPSA) is 75.1 Å². The highest BCUT2D eigenvalue weighted by atomic mass is 16.3. The van der Waals surface area contributed by atoms with E-state index >= 15 is 0 Å². The zero-order chi connectivity index (χ0) is 9.97. The highest BCUT2D eigenvalue weighted by Gasteiger charge is 2.28. The predicted molar refractivity (Wildman–Crippen MR) is 48.5 cm³/mol. The molecule has 2 rings (SSSR count). The Morgan fingerprint density at radius 3 is 2.64 bits per heavy atom. The van der Waals surface area contributed by atoms with Gasteiger partial charge in [0.25, 0.3) is 5.91 Å². The molecule has 5 heteroatoms. The molecule has 1 heterocycles. The number of nitrogens with zero attached hydrogens (tertiary/aromatic N) is 2. The largest absolute Gasteiger partial charge is 0.393 e. The minimum Gasteiger partial charge on any atom is -0.393 e. The fourth-order valence-electron chi connectivity index (χ4n) is 1.39. The summed E-state index contributed by atoms with van der Waals surface area (Å²) in [7, 11) is 0. The molecule has 0 aromatic carbocycles. The van der Waals surface area contributed by atoms with Gasteiger partial charge in [-0.25, -0.2) is 9.97 Å². The Morgan fingerprint density at radius 1 is 1.43 bits per heavy atom. The first-order valence-electron chi connectivity index (χ1n) is 4.49. The molecule has 14 heavy (non-hydrogen) atoms. The minimum absolute atomic E-state index is 0.0951. The number of hydrogen-bond acceptors (Lipinski definition) is 4. The van der Waals surface area contributed by atoms with Crippen LogP contribution in [0, 0.1) is 0 Å². The van der Waals surface area contributed by atoms with Gasteiger partial charge in [0, 0.05) is 18.4 Å². The Hall–Kier alpha value is -1.49. The van der Waals surface area contributed by atoms with Crippen LogP contribution in [-0.2, 0) is 0 Å². The van der Waals surface area contributed by atoms with Gasteiger partial charge in [0.05, 0.1) is 11.7 Å². The van der Waals surface area contributed by atoms with Crippen molar-refractivity contribution >= 4 is 5.91 Å². The number of carbonyl (C=O) groups excluding carboxylic acids is 1. The Balaban J connectivity index is 1.90. The minimum atomic E-state index is -0.257. The first kappa shape index (κ1) is 9.08. The molecular weight excluding hydrogens is 182 g/mol. The zero-order valence-electron chi connectivity index (χ0n) is 7.55. The van der Waals surface area contributed by atoms with Crippen LogP contribution in [0.3, 0.4) is 0 Å². The third-order valence-electron chi connectivity index (χ3n) is 2.27. The Kier molecular flexibility index (Phi) is 2.41. The number of nitrogens with one attached hydrogen (secondary N) is 1. The lowest BCUT2D eigenvalue weighted by Gasteiger charge is -2.31. The van der Waals surface area contributed by atoms with Gasteiger partial charge in [-0.3, -0.25) is 4.79 Å². The molecule has 0 atom stereocenters. The van der Waals surface area contributed by atoms with Crippen LogP contribution in [0.1, 0.15) is 23.2 Å². The molecule has 1 fully saturated rings. The zero-order valence-corrected chi connectivity index (χ0v) is 7.55. The average Bonchev–Trinajstić information content (AvgIpc) is 2.17. The summed E-state index contributed by atoms with van der Waals surface area (Å²) >= 11 is 0. The predicted octanol–water partition coefficient (Wildman–Crippen LogP) is -0.270. The van der Waals surface area contributed by atoms with Crippen molar-refractivity contribution in [3.05, 3.63) is 24.3 Å². The van der Waals surface area contributed by atoms with Crippen LogP contribution in [0.15, 0.2) is 18.7 Å². The van der Waals surface area contributed by atoms with Crippen molar-refractivity contribution in [2.24, 2.45) is 0 Å². The quantitative estimate of drug-likeness (QED) is 0.678. The summed E-state index contributed by atoms with van der Waals surface area (Å²) in [5.41, 5.74) is 0.453. The molecule has 0 saturated heterocycles. The third-order valence-corrected chi connectivity index (χ3v) is 2.27. The highest BCUT2D eigenvalue weighted by Crippen LogP contribution is 2.19. The molecule has 0 aliphatic heterocycles. The molecule has 5 nitrogen and oxygen atoms in total. The number of carbonyl (C=O) groups is 1. The molecule has 0 unspecified atom stereocenters. The first-order valence-corrected chi connectivity index (χ1v) is 4.49. The van der Waals surface area contributed by atoms with E-state index in [2.05, 4.69) is 15.3 Å². The standard InChI is InChI=1S/C9H11N3O2/c13-8-1-7(2-8)12-9(14)6-3-10-5-11-4-6/h3-5,7-8,13H,1-2H2,(H,12,14). The van der Waals surface area contributed by atoms with Gasteiger partial charge >= 0.3 is 0 Å². The first-order chi connectivity index (χ1) is 6.75. The molecule has 74 valence electrons. The fraction of sp³-hybridized carbons (Fsp3) is 0.444. The van der Waals surface area contributed by atoms with Crippen LogP contribution in [0.2, 0.25) is 0 Å². The van der Waals surface area contributed by atoms with Crippen molar-refractivity contribution in [2.75, 3.05) is 0 Å². The Labute approximate surface area is 81.2 Å². The van der Waals surface area contributed by atoms with E-state index in [1.807, 2.05) is 0 Å². The maximum Gasteiger partial charge on any atom is 0.254 e. The molecule has 1 amide bonds. The van der Waals surface area contributed by atoms with Gasteiger partial charge in [-0.2, -0.15) is 0 Å². The number of amides is 1. The second-order valence-electron chi connectivity index (χ2n) is 3.42. The van der Waals surface area contributed by atoms with Crippen LogP contribution >= 0.6 is 0 Å². The molecule has 1 aliphatic rings. The van der Waals surface area contributed by atoms with Crippen LogP contribution in [0.25, 0.3) is 0 Å². The van der Waals surface area contributed by atoms with Crippen molar-refractivity contribution in [2.45, 2.75) is 25.0 Å². The van der Waals surface area contributed by atoms with Crippen molar-refractivity contribution in [1.82, 2.24) is 15.3 Å². The van der Waals surface area contributed by atoms with Gasteiger partial charge in [-0.15, -0.1) is 0 Å². The molecule has 0 radical (unpaired) electrons. The summed E-state index contributed by atoms with van der Waals surface area (Å²) in [6, 6.07) is 0.0951. The van der Waals surface area contributed by atoms with Gasteiger partial charge < -0.3 is 10.4 Å². The monoisotopic (exact) mass is 193 g/mol. The lowest BCUT2D eigenvalue weighted by atomic mass is 9.89. The molecular formula is C9H11N3O2. The van der Waals surface area contributed by atoms with Gasteiger partial charge in [0.15, 0.2) is 0 Å². The normalized spacial score (nSPS) is 25.2. The Bertz CT molecular complexity index is 322. The number of hydrogen-bond donors (Lipinski definition) is 2. The van der Waals surface area contributed by atoms with E-state index < -0.39 is 0 Å². The summed E-state index contributed by atoms with van der Waals surface area (Å²) in [6.07, 6.45) is 5.34. The van der Waals surface area contributed by atoms with E-state index in [1.165, 1.54) is 18.7 Å². The van der Waals surface area contributed by atoms with E-state index in [-0.39, 0.29) is 18.1 Å². The van der Waals surface area contributed by atoms with Crippen LogP contribution in [0.5, 0.6) is 0 Å². The Morgan fingerprint density at radius 2 is 2.07 bits per heavy atom. The molecule has 0 bridgehead atoms. The average molecular weight is 193 g/mol. The molecule has 2 N–H and O–H groups in total. The summed E-state index contributed by atoms with van der Waals surface area (Å²) in [6.45, 7) is 0. The van der Waals surface area contributed by atoms with Crippen molar-refractivity contribution < 1.29 is 9.90 Å². The number of aromatic nitrogens is 2. The highest BCUT2D eigenvalue weighted by molar-refractivity contribution is 5.93. The van der Waals surface area contributed by atoms with Gasteiger partial charge in [0.1, 0.15) is 6.33 Å². The van der Waals surface area contributed by atoms with Crippen LogP contribution < -0.4 is 5.32 Å². The van der Waals surface area contributed by atoms with Crippen LogP contribution in [0.4, 0.5) is 0 Å². The smallest absolute Gasteiger partial charge is 0.254 e. The van der Waals surface area contributed by atoms with Crippen molar-refractivity contribution in [1.29, 1.82) is 0 Å². The lowest BCUT2D eigenvalue weighted by molar-refractivity contribution is 0.0562. The summed E-state index contributed by atoms with van der Waals surface area (Å²) < 4.78 is 0. The molecule has 1 aromatic rings. The SMILES string of the molecule is O=C(NC1CC(O)C1)c1cncnc1. The summed E-state index contributed by atoms with van der Waals surface area (Å²) in [4.78, 5) is 19.0. The van der Waals surface area contributed by atoms with E-state index in [4.69, 9.17) is 5.11 Å². The number of aliphatic hydroxyl groups is 1. The van der Waals surface area contributed by atoms with Gasteiger partial charge in [-0.1, -0.05) is 0 Å². The summed E-state index contributed by atoms with van der Waals surface area (Å²) in [5.74, 6) is -0.178. The second kappa shape index (κ2) is 3.71. The summed E-state index contributed by atoms with van der Waals surface area (Å²) in [5, 5.41) is 11.8. The van der Waals surface area contributed by atoms with E-state index in [0.29, 0.717) is 18.4 Å². The van der Waals surface area contributed by atoms with E-state index in [0.717, 1.165) is 0 Å². The van der Waals surface area contributed by atoms with Crippen molar-refractivity contribution in [3.63, 3.8) is 0 Å². The van der Waals surface area contributed by atoms with Gasteiger partial charge in [0.2, 0.25) is 0 Å². The molecule has 1 saturated carbocycles. The third kappa shape index (κ3) is 1.88. The van der Waals surface area contributed by atoms with Crippen LogP contribution in [-0.4, -0.2) is 33.1 Å². The van der Waals surface area contributed by atoms with E-state index in [9.17, 15) is 4.79 Å². The maximum atomic E-state index is 11.5. The van der Waals surface area contributed by atoms with E-state index in [1.54, 1.807) is 0 Å². The maximum absolute atomic E-state index is 11.5.